The summed E-state index contributed by atoms with van der Waals surface area (Å²) in [7, 11) is 3.93. The molecule has 0 saturated carbocycles. The van der Waals surface area contributed by atoms with Gasteiger partial charge >= 0.3 is 0 Å². The number of nitrogens with two attached hydrogens (primary N) is 1. The second-order valence-electron chi connectivity index (χ2n) is 10.7. The Balaban J connectivity index is 1.24. The fourth-order valence-electron chi connectivity index (χ4n) is 5.70. The van der Waals surface area contributed by atoms with E-state index in [0.29, 0.717) is 17.3 Å². The molecule has 2 aliphatic heterocycles. The highest BCUT2D eigenvalue weighted by atomic mass is 16.4. The third-order valence-corrected chi connectivity index (χ3v) is 7.82. The molecule has 39 heavy (non-hydrogen) atoms. The van der Waals surface area contributed by atoms with Crippen molar-refractivity contribution in [1.29, 1.82) is 0 Å². The molecule has 2 atom stereocenters. The maximum absolute atomic E-state index is 13.8. The lowest BCUT2D eigenvalue weighted by atomic mass is 10.00. The summed E-state index contributed by atoms with van der Waals surface area (Å²) in [6.45, 7) is 2.73. The van der Waals surface area contributed by atoms with Crippen LogP contribution in [0.4, 0.5) is 11.4 Å². The molecule has 7 heteroatoms. The number of oxazole rings is 1. The van der Waals surface area contributed by atoms with Crippen LogP contribution >= 0.6 is 0 Å². The first-order valence-electron chi connectivity index (χ1n) is 13.4. The molecular weight excluding hydrogens is 486 g/mol. The van der Waals surface area contributed by atoms with Crippen molar-refractivity contribution in [3.05, 3.63) is 89.6 Å². The van der Waals surface area contributed by atoms with E-state index < -0.39 is 0 Å². The normalized spacial score (nSPS) is 17.4. The number of rotatable bonds is 6. The molecule has 2 N–H and O–H groups in total. The fraction of sp³-hybridized carbons (Fsp3) is 0.281. The zero-order valence-electron chi connectivity index (χ0n) is 22.6. The van der Waals surface area contributed by atoms with Crippen LogP contribution in [-0.4, -0.2) is 53.1 Å². The van der Waals surface area contributed by atoms with E-state index in [-0.39, 0.29) is 18.0 Å². The first kappa shape index (κ1) is 25.1. The van der Waals surface area contributed by atoms with Gasteiger partial charge in [0.15, 0.2) is 5.76 Å². The Labute approximate surface area is 229 Å². The van der Waals surface area contributed by atoms with Crippen LogP contribution in [0, 0.1) is 6.92 Å². The lowest BCUT2D eigenvalue weighted by molar-refractivity contribution is -0.136. The predicted molar refractivity (Wildman–Crippen MR) is 155 cm³/mol. The summed E-state index contributed by atoms with van der Waals surface area (Å²) in [6, 6.07) is 21.8. The molecule has 3 aromatic carbocycles. The van der Waals surface area contributed by atoms with E-state index in [4.69, 9.17) is 15.1 Å². The number of aliphatic imine (C=N–C) groups is 1. The summed E-state index contributed by atoms with van der Waals surface area (Å²) >= 11 is 0. The Bertz CT molecular complexity index is 1560. The standard InChI is InChI=1S/C32H33N5O2/c1-20-11-12-24(16-25(20)33)31-34-19-29(39-31)23-14-13-22-17-27(35-26(22)18-23)28-10-7-15-37(28)32(38)30(36(2)3)21-8-5-4-6-9-21/h4-6,8-9,11-14,16,18-19,28,30H,7,10,15,17,33H2,1-3H3/t28-,30+/m0/s1. The van der Waals surface area contributed by atoms with Crippen molar-refractivity contribution in [3.63, 3.8) is 0 Å². The van der Waals surface area contributed by atoms with Crippen LogP contribution in [0.2, 0.25) is 0 Å². The van der Waals surface area contributed by atoms with Gasteiger partial charge in [0.25, 0.3) is 0 Å². The molecule has 1 saturated heterocycles. The summed E-state index contributed by atoms with van der Waals surface area (Å²) in [5.41, 5.74) is 13.8. The first-order valence-corrected chi connectivity index (χ1v) is 13.4. The second-order valence-corrected chi connectivity index (χ2v) is 10.7. The minimum atomic E-state index is -0.313. The topological polar surface area (TPSA) is 88.0 Å². The second kappa shape index (κ2) is 10.2. The van der Waals surface area contributed by atoms with Crippen molar-refractivity contribution < 1.29 is 9.21 Å². The Morgan fingerprint density at radius 1 is 1.08 bits per heavy atom. The molecule has 0 radical (unpaired) electrons. The average Bonchev–Trinajstić information content (AvgIpc) is 3.69. The van der Waals surface area contributed by atoms with E-state index in [1.807, 2.05) is 79.3 Å². The van der Waals surface area contributed by atoms with E-state index >= 15 is 0 Å². The van der Waals surface area contributed by atoms with Gasteiger partial charge in [-0.25, -0.2) is 4.98 Å². The highest BCUT2D eigenvalue weighted by Gasteiger charge is 2.38. The number of nitrogens with zero attached hydrogens (tertiary/aromatic N) is 4. The van der Waals surface area contributed by atoms with E-state index in [2.05, 4.69) is 23.2 Å². The number of likely N-dealkylation sites (tertiary alicyclic amines) is 1. The molecule has 4 aromatic rings. The van der Waals surface area contributed by atoms with E-state index in [1.165, 1.54) is 5.56 Å². The number of benzene rings is 3. The van der Waals surface area contributed by atoms with E-state index in [0.717, 1.165) is 59.5 Å². The van der Waals surface area contributed by atoms with Crippen LogP contribution in [0.1, 0.15) is 35.6 Å². The zero-order valence-corrected chi connectivity index (χ0v) is 22.6. The van der Waals surface area contributed by atoms with Crippen LogP contribution in [0.25, 0.3) is 22.8 Å². The fourth-order valence-corrected chi connectivity index (χ4v) is 5.70. The van der Waals surface area contributed by atoms with Crippen LogP contribution in [-0.2, 0) is 11.2 Å². The number of carbonyl (C=O) groups excluding carboxylic acids is 1. The lowest BCUT2D eigenvalue weighted by Gasteiger charge is -2.32. The van der Waals surface area contributed by atoms with Crippen molar-refractivity contribution >= 4 is 23.0 Å². The van der Waals surface area contributed by atoms with Gasteiger partial charge in [-0.15, -0.1) is 0 Å². The Hall–Kier alpha value is -4.23. The van der Waals surface area contributed by atoms with Crippen molar-refractivity contribution in [1.82, 2.24) is 14.8 Å². The number of hydrogen-bond acceptors (Lipinski definition) is 6. The number of anilines is 1. The molecule has 0 unspecified atom stereocenters. The first-order chi connectivity index (χ1) is 18.9. The largest absolute Gasteiger partial charge is 0.436 e. The lowest BCUT2D eigenvalue weighted by Crippen LogP contribution is -2.46. The molecule has 1 amide bonds. The van der Waals surface area contributed by atoms with Crippen molar-refractivity contribution in [2.24, 2.45) is 4.99 Å². The summed E-state index contributed by atoms with van der Waals surface area (Å²) < 4.78 is 6.10. The number of hydrogen-bond donors (Lipinski definition) is 1. The van der Waals surface area contributed by atoms with Gasteiger partial charge in [-0.1, -0.05) is 48.5 Å². The van der Waals surface area contributed by atoms with Crippen LogP contribution < -0.4 is 5.73 Å². The molecule has 1 fully saturated rings. The zero-order chi connectivity index (χ0) is 27.1. The van der Waals surface area contributed by atoms with Crippen molar-refractivity contribution in [3.8, 4) is 22.8 Å². The van der Waals surface area contributed by atoms with E-state index in [9.17, 15) is 4.79 Å². The predicted octanol–water partition coefficient (Wildman–Crippen LogP) is 5.82. The molecule has 198 valence electrons. The molecule has 0 aliphatic carbocycles. The van der Waals surface area contributed by atoms with Gasteiger partial charge in [-0.2, -0.15) is 0 Å². The SMILES string of the molecule is Cc1ccc(-c2ncc(-c3ccc4c(c3)N=C([C@@H]3CCCN3C(=O)[C@@H](c3ccccc3)N(C)C)C4)o2)cc1N. The summed E-state index contributed by atoms with van der Waals surface area (Å²) in [6.07, 6.45) is 4.42. The smallest absolute Gasteiger partial charge is 0.245 e. The van der Waals surface area contributed by atoms with Gasteiger partial charge in [0.05, 0.1) is 17.9 Å². The summed E-state index contributed by atoms with van der Waals surface area (Å²) in [5, 5.41) is 0. The van der Waals surface area contributed by atoms with E-state index in [1.54, 1.807) is 6.20 Å². The Kier molecular flexibility index (Phi) is 6.53. The molecule has 7 nitrogen and oxygen atoms in total. The Morgan fingerprint density at radius 2 is 1.87 bits per heavy atom. The van der Waals surface area contributed by atoms with Crippen molar-refractivity contribution in [2.75, 3.05) is 26.4 Å². The molecule has 2 aliphatic rings. The van der Waals surface area contributed by atoms with Crippen LogP contribution in [0.5, 0.6) is 0 Å². The summed E-state index contributed by atoms with van der Waals surface area (Å²) in [4.78, 5) is 27.4. The van der Waals surface area contributed by atoms with Gasteiger partial charge < -0.3 is 15.1 Å². The van der Waals surface area contributed by atoms with Gasteiger partial charge in [0, 0.05) is 35.5 Å². The number of nitrogen functional groups attached to an aromatic ring is 1. The molecule has 6 rings (SSSR count). The summed E-state index contributed by atoms with van der Waals surface area (Å²) in [5.74, 6) is 1.36. The number of carbonyl (C=O) groups is 1. The minimum absolute atomic E-state index is 0.0170. The van der Waals surface area contributed by atoms with Gasteiger partial charge in [-0.05, 0) is 68.8 Å². The number of aromatic nitrogens is 1. The average molecular weight is 520 g/mol. The van der Waals surface area contributed by atoms with Gasteiger partial charge in [-0.3, -0.25) is 14.7 Å². The molecule has 0 spiro atoms. The van der Waals surface area contributed by atoms with Crippen LogP contribution in [0.3, 0.4) is 0 Å². The van der Waals surface area contributed by atoms with Crippen molar-refractivity contribution in [2.45, 2.75) is 38.3 Å². The van der Waals surface area contributed by atoms with Gasteiger partial charge in [0.1, 0.15) is 6.04 Å². The maximum atomic E-state index is 13.8. The highest BCUT2D eigenvalue weighted by molar-refractivity contribution is 6.01. The van der Waals surface area contributed by atoms with Crippen LogP contribution in [0.15, 0.2) is 82.3 Å². The molecule has 0 bridgehead atoms. The minimum Gasteiger partial charge on any atom is -0.436 e. The maximum Gasteiger partial charge on any atom is 0.245 e. The Morgan fingerprint density at radius 3 is 2.64 bits per heavy atom. The number of amides is 1. The molecule has 3 heterocycles. The molecule has 1 aromatic heterocycles. The highest BCUT2D eigenvalue weighted by Crippen LogP contribution is 2.37. The number of fused-ring (bicyclic) bond motifs is 1. The number of likely N-dealkylation sites (N-methyl/N-ethyl adjacent to an activating group) is 1. The number of aryl methyl sites for hydroxylation is 1. The third-order valence-electron chi connectivity index (χ3n) is 7.82. The quantitative estimate of drug-likeness (QED) is 0.324. The third kappa shape index (κ3) is 4.74. The van der Waals surface area contributed by atoms with Gasteiger partial charge in [0.2, 0.25) is 11.8 Å². The monoisotopic (exact) mass is 519 g/mol. The molecular formula is C32H33N5O2.